The van der Waals surface area contributed by atoms with Gasteiger partial charge in [0.15, 0.2) is 0 Å². The molecule has 0 unspecified atom stereocenters. The molecule has 1 aromatic heterocycles. The Hall–Kier alpha value is -1.32. The minimum Gasteiger partial charge on any atom is -0.354 e. The summed E-state index contributed by atoms with van der Waals surface area (Å²) in [5.41, 5.74) is 0.806. The standard InChI is InChI=1S/C9H15N3O/c1-7(2)10-9(13)6-8-4-5-12(3)11-8/h4-5,7H,6H2,1-3H3,(H,10,13). The van der Waals surface area contributed by atoms with Crippen LogP contribution < -0.4 is 5.32 Å². The SMILES string of the molecule is CC(C)NC(=O)Cc1ccn(C)n1. The smallest absolute Gasteiger partial charge is 0.226 e. The molecule has 0 saturated carbocycles. The van der Waals surface area contributed by atoms with Crippen LogP contribution in [0.1, 0.15) is 19.5 Å². The Morgan fingerprint density at radius 1 is 1.69 bits per heavy atom. The van der Waals surface area contributed by atoms with Gasteiger partial charge in [-0.25, -0.2) is 0 Å². The van der Waals surface area contributed by atoms with Gasteiger partial charge in [0, 0.05) is 19.3 Å². The first kappa shape index (κ1) is 9.77. The number of nitrogens with zero attached hydrogens (tertiary/aromatic N) is 2. The molecule has 1 aromatic rings. The van der Waals surface area contributed by atoms with Gasteiger partial charge in [-0.15, -0.1) is 0 Å². The number of aryl methyl sites for hydroxylation is 1. The summed E-state index contributed by atoms with van der Waals surface area (Å²) in [7, 11) is 1.84. The van der Waals surface area contributed by atoms with Crippen molar-refractivity contribution in [1.29, 1.82) is 0 Å². The van der Waals surface area contributed by atoms with Crippen LogP contribution in [0.2, 0.25) is 0 Å². The van der Waals surface area contributed by atoms with E-state index in [1.165, 1.54) is 0 Å². The number of hydrogen-bond acceptors (Lipinski definition) is 2. The Bertz CT molecular complexity index is 291. The summed E-state index contributed by atoms with van der Waals surface area (Å²) in [6, 6.07) is 2.04. The van der Waals surface area contributed by atoms with E-state index < -0.39 is 0 Å². The second kappa shape index (κ2) is 4.07. The zero-order chi connectivity index (χ0) is 9.84. The van der Waals surface area contributed by atoms with Gasteiger partial charge in [-0.1, -0.05) is 0 Å². The predicted molar refractivity (Wildman–Crippen MR) is 50.2 cm³/mol. The average Bonchev–Trinajstić information content (AvgIpc) is 2.33. The van der Waals surface area contributed by atoms with Crippen molar-refractivity contribution in [3.05, 3.63) is 18.0 Å². The first-order chi connectivity index (χ1) is 6.08. The molecule has 1 amide bonds. The van der Waals surface area contributed by atoms with Crippen molar-refractivity contribution in [2.24, 2.45) is 7.05 Å². The monoisotopic (exact) mass is 181 g/mol. The van der Waals surface area contributed by atoms with Gasteiger partial charge in [0.25, 0.3) is 0 Å². The highest BCUT2D eigenvalue weighted by Crippen LogP contribution is 1.95. The maximum absolute atomic E-state index is 11.3. The van der Waals surface area contributed by atoms with Crippen molar-refractivity contribution in [3.8, 4) is 0 Å². The maximum atomic E-state index is 11.3. The van der Waals surface area contributed by atoms with Gasteiger partial charge in [0.1, 0.15) is 0 Å². The molecule has 0 spiro atoms. The molecule has 0 fully saturated rings. The van der Waals surface area contributed by atoms with Gasteiger partial charge in [-0.2, -0.15) is 5.10 Å². The van der Waals surface area contributed by atoms with Crippen LogP contribution in [-0.2, 0) is 18.3 Å². The molecule has 72 valence electrons. The fraction of sp³-hybridized carbons (Fsp3) is 0.556. The summed E-state index contributed by atoms with van der Waals surface area (Å²) < 4.78 is 1.69. The third kappa shape index (κ3) is 3.27. The van der Waals surface area contributed by atoms with Crippen LogP contribution in [-0.4, -0.2) is 21.7 Å². The van der Waals surface area contributed by atoms with E-state index in [2.05, 4.69) is 10.4 Å². The van der Waals surface area contributed by atoms with Crippen LogP contribution in [0.4, 0.5) is 0 Å². The molecule has 0 aromatic carbocycles. The number of amides is 1. The molecule has 1 heterocycles. The lowest BCUT2D eigenvalue weighted by molar-refractivity contribution is -0.120. The minimum absolute atomic E-state index is 0.0219. The average molecular weight is 181 g/mol. The van der Waals surface area contributed by atoms with Gasteiger partial charge >= 0.3 is 0 Å². The summed E-state index contributed by atoms with van der Waals surface area (Å²) in [4.78, 5) is 11.3. The van der Waals surface area contributed by atoms with Gasteiger partial charge in [-0.3, -0.25) is 9.48 Å². The van der Waals surface area contributed by atoms with Crippen LogP contribution in [0.3, 0.4) is 0 Å². The fourth-order valence-electron chi connectivity index (χ4n) is 1.09. The minimum atomic E-state index is 0.0219. The number of hydrogen-bond donors (Lipinski definition) is 1. The summed E-state index contributed by atoms with van der Waals surface area (Å²) in [6.07, 6.45) is 2.19. The molecular formula is C9H15N3O. The number of carbonyl (C=O) groups excluding carboxylic acids is 1. The van der Waals surface area contributed by atoms with Crippen LogP contribution in [0.5, 0.6) is 0 Å². The molecule has 4 nitrogen and oxygen atoms in total. The lowest BCUT2D eigenvalue weighted by Gasteiger charge is -2.06. The second-order valence-electron chi connectivity index (χ2n) is 3.38. The predicted octanol–water partition coefficient (Wildman–Crippen LogP) is 0.487. The molecule has 0 aliphatic carbocycles. The van der Waals surface area contributed by atoms with Gasteiger partial charge < -0.3 is 5.32 Å². The van der Waals surface area contributed by atoms with Crippen molar-refractivity contribution >= 4 is 5.91 Å². The highest BCUT2D eigenvalue weighted by atomic mass is 16.1. The molecule has 0 aliphatic rings. The van der Waals surface area contributed by atoms with E-state index in [4.69, 9.17) is 0 Å². The Labute approximate surface area is 77.9 Å². The van der Waals surface area contributed by atoms with Gasteiger partial charge in [0.05, 0.1) is 12.1 Å². The summed E-state index contributed by atoms with van der Waals surface area (Å²) in [5, 5.41) is 6.93. The van der Waals surface area contributed by atoms with E-state index in [0.29, 0.717) is 6.42 Å². The van der Waals surface area contributed by atoms with Crippen LogP contribution in [0.25, 0.3) is 0 Å². The second-order valence-corrected chi connectivity index (χ2v) is 3.38. The number of rotatable bonds is 3. The molecule has 0 bridgehead atoms. The zero-order valence-corrected chi connectivity index (χ0v) is 8.24. The van der Waals surface area contributed by atoms with Crippen molar-refractivity contribution in [1.82, 2.24) is 15.1 Å². The third-order valence-electron chi connectivity index (χ3n) is 1.56. The third-order valence-corrected chi connectivity index (χ3v) is 1.56. The van der Waals surface area contributed by atoms with Crippen molar-refractivity contribution in [2.45, 2.75) is 26.3 Å². The molecule has 0 saturated heterocycles. The Balaban J connectivity index is 2.45. The Kier molecular flexibility index (Phi) is 3.06. The highest BCUT2D eigenvalue weighted by molar-refractivity contribution is 5.78. The van der Waals surface area contributed by atoms with Crippen LogP contribution >= 0.6 is 0 Å². The molecule has 4 heteroatoms. The Morgan fingerprint density at radius 2 is 2.38 bits per heavy atom. The van der Waals surface area contributed by atoms with E-state index in [0.717, 1.165) is 5.69 Å². The van der Waals surface area contributed by atoms with Crippen LogP contribution in [0, 0.1) is 0 Å². The number of aromatic nitrogens is 2. The molecule has 13 heavy (non-hydrogen) atoms. The molecular weight excluding hydrogens is 166 g/mol. The van der Waals surface area contributed by atoms with E-state index >= 15 is 0 Å². The molecule has 1 rings (SSSR count). The van der Waals surface area contributed by atoms with Crippen molar-refractivity contribution in [3.63, 3.8) is 0 Å². The lowest BCUT2D eigenvalue weighted by atomic mass is 10.3. The molecule has 0 aliphatic heterocycles. The normalized spacial score (nSPS) is 10.5. The summed E-state index contributed by atoms with van der Waals surface area (Å²) in [6.45, 7) is 3.88. The lowest BCUT2D eigenvalue weighted by Crippen LogP contribution is -2.31. The quantitative estimate of drug-likeness (QED) is 0.737. The van der Waals surface area contributed by atoms with Gasteiger partial charge in [-0.05, 0) is 19.9 Å². The first-order valence-electron chi connectivity index (χ1n) is 4.36. The summed E-state index contributed by atoms with van der Waals surface area (Å²) >= 11 is 0. The van der Waals surface area contributed by atoms with Crippen LogP contribution in [0.15, 0.2) is 12.3 Å². The maximum Gasteiger partial charge on any atom is 0.226 e. The van der Waals surface area contributed by atoms with Crippen molar-refractivity contribution in [2.75, 3.05) is 0 Å². The fourth-order valence-corrected chi connectivity index (χ4v) is 1.09. The first-order valence-corrected chi connectivity index (χ1v) is 4.36. The zero-order valence-electron chi connectivity index (χ0n) is 8.24. The topological polar surface area (TPSA) is 46.9 Å². The van der Waals surface area contributed by atoms with E-state index in [9.17, 15) is 4.79 Å². The molecule has 0 radical (unpaired) electrons. The molecule has 1 N–H and O–H groups in total. The van der Waals surface area contributed by atoms with E-state index in [-0.39, 0.29) is 11.9 Å². The Morgan fingerprint density at radius 3 is 2.85 bits per heavy atom. The summed E-state index contributed by atoms with van der Waals surface area (Å²) in [5.74, 6) is 0.0219. The van der Waals surface area contributed by atoms with Crippen molar-refractivity contribution < 1.29 is 4.79 Å². The largest absolute Gasteiger partial charge is 0.354 e. The molecule has 0 atom stereocenters. The highest BCUT2D eigenvalue weighted by Gasteiger charge is 2.06. The van der Waals surface area contributed by atoms with E-state index in [1.807, 2.05) is 33.2 Å². The van der Waals surface area contributed by atoms with E-state index in [1.54, 1.807) is 4.68 Å². The number of carbonyl (C=O) groups is 1. The van der Waals surface area contributed by atoms with Gasteiger partial charge in [0.2, 0.25) is 5.91 Å². The number of nitrogens with one attached hydrogen (secondary N) is 1.